The summed E-state index contributed by atoms with van der Waals surface area (Å²) >= 11 is 0. The van der Waals surface area contributed by atoms with Gasteiger partial charge in [-0.3, -0.25) is 0 Å². The first-order valence-corrected chi connectivity index (χ1v) is 5.76. The Morgan fingerprint density at radius 1 is 1.00 bits per heavy atom. The number of aromatic carboxylic acids is 1. The molecule has 0 radical (unpaired) electrons. The van der Waals surface area contributed by atoms with E-state index in [-0.39, 0.29) is 35.1 Å². The SMILES string of the molecule is O=C(O)c1ccc(OCCc2ccccc2)cc1.[Na+]. The summed E-state index contributed by atoms with van der Waals surface area (Å²) in [5, 5.41) is 8.76. The maximum atomic E-state index is 10.7. The number of carbonyl (C=O) groups is 1. The van der Waals surface area contributed by atoms with Gasteiger partial charge in [0.15, 0.2) is 0 Å². The summed E-state index contributed by atoms with van der Waals surface area (Å²) in [5.41, 5.74) is 1.49. The molecule has 0 bridgehead atoms. The van der Waals surface area contributed by atoms with Crippen molar-refractivity contribution in [1.29, 1.82) is 0 Å². The average molecular weight is 265 g/mol. The third-order valence-electron chi connectivity index (χ3n) is 2.60. The molecule has 19 heavy (non-hydrogen) atoms. The van der Waals surface area contributed by atoms with Crippen LogP contribution in [-0.2, 0) is 6.42 Å². The summed E-state index contributed by atoms with van der Waals surface area (Å²) in [6.07, 6.45) is 0.835. The topological polar surface area (TPSA) is 46.5 Å². The van der Waals surface area contributed by atoms with Crippen LogP contribution >= 0.6 is 0 Å². The fraction of sp³-hybridized carbons (Fsp3) is 0.133. The van der Waals surface area contributed by atoms with E-state index in [1.54, 1.807) is 24.3 Å². The number of rotatable bonds is 5. The van der Waals surface area contributed by atoms with E-state index in [4.69, 9.17) is 9.84 Å². The zero-order valence-corrected chi connectivity index (χ0v) is 12.9. The fourth-order valence-corrected chi connectivity index (χ4v) is 1.63. The van der Waals surface area contributed by atoms with Crippen LogP contribution in [-0.4, -0.2) is 17.7 Å². The first kappa shape index (κ1) is 15.8. The van der Waals surface area contributed by atoms with Crippen LogP contribution < -0.4 is 34.3 Å². The van der Waals surface area contributed by atoms with E-state index in [9.17, 15) is 4.79 Å². The van der Waals surface area contributed by atoms with Crippen LogP contribution in [0, 0.1) is 0 Å². The Balaban J connectivity index is 0.00000180. The second-order valence-electron chi connectivity index (χ2n) is 3.91. The molecule has 0 aliphatic carbocycles. The summed E-state index contributed by atoms with van der Waals surface area (Å²) in [7, 11) is 0. The van der Waals surface area contributed by atoms with Crippen molar-refractivity contribution < 1.29 is 44.2 Å². The van der Waals surface area contributed by atoms with E-state index in [0.717, 1.165) is 6.42 Å². The van der Waals surface area contributed by atoms with Gasteiger partial charge in [0.25, 0.3) is 0 Å². The van der Waals surface area contributed by atoms with Gasteiger partial charge in [-0.15, -0.1) is 0 Å². The number of hydrogen-bond acceptors (Lipinski definition) is 2. The Morgan fingerprint density at radius 2 is 1.63 bits per heavy atom. The van der Waals surface area contributed by atoms with Crippen molar-refractivity contribution >= 4 is 5.97 Å². The molecule has 0 saturated heterocycles. The van der Waals surface area contributed by atoms with Gasteiger partial charge in [0.05, 0.1) is 12.2 Å². The first-order valence-electron chi connectivity index (χ1n) is 5.76. The van der Waals surface area contributed by atoms with Gasteiger partial charge in [0, 0.05) is 6.42 Å². The molecular formula is C15H14NaO3+. The molecule has 2 rings (SSSR count). The summed E-state index contributed by atoms with van der Waals surface area (Å²) in [4.78, 5) is 10.7. The summed E-state index contributed by atoms with van der Waals surface area (Å²) < 4.78 is 5.55. The minimum Gasteiger partial charge on any atom is -0.493 e. The summed E-state index contributed by atoms with van der Waals surface area (Å²) in [6.45, 7) is 0.580. The van der Waals surface area contributed by atoms with E-state index in [1.165, 1.54) is 5.56 Å². The number of hydrogen-bond donors (Lipinski definition) is 1. The molecule has 0 amide bonds. The summed E-state index contributed by atoms with van der Waals surface area (Å²) in [6, 6.07) is 16.5. The van der Waals surface area contributed by atoms with E-state index < -0.39 is 5.97 Å². The number of carboxylic acid groups (broad SMARTS) is 1. The van der Waals surface area contributed by atoms with Crippen molar-refractivity contribution in [1.82, 2.24) is 0 Å². The van der Waals surface area contributed by atoms with E-state index in [2.05, 4.69) is 12.1 Å². The van der Waals surface area contributed by atoms with Gasteiger partial charge in [-0.1, -0.05) is 30.3 Å². The molecule has 0 atom stereocenters. The number of ether oxygens (including phenoxy) is 1. The van der Waals surface area contributed by atoms with Gasteiger partial charge in [-0.05, 0) is 29.8 Å². The molecule has 0 aliphatic heterocycles. The van der Waals surface area contributed by atoms with Crippen LogP contribution in [0.25, 0.3) is 0 Å². The maximum absolute atomic E-state index is 10.7. The van der Waals surface area contributed by atoms with Crippen molar-refractivity contribution in [2.75, 3.05) is 6.61 Å². The molecule has 0 heterocycles. The van der Waals surface area contributed by atoms with Crippen LogP contribution in [0.4, 0.5) is 0 Å². The Kier molecular flexibility index (Phi) is 6.64. The van der Waals surface area contributed by atoms with Crippen LogP contribution in [0.3, 0.4) is 0 Å². The normalized spacial score (nSPS) is 9.47. The Bertz CT molecular complexity index is 509. The van der Waals surface area contributed by atoms with Gasteiger partial charge < -0.3 is 9.84 Å². The van der Waals surface area contributed by atoms with Gasteiger partial charge in [-0.25, -0.2) is 4.79 Å². The molecule has 0 spiro atoms. The molecule has 0 fully saturated rings. The van der Waals surface area contributed by atoms with E-state index in [1.807, 2.05) is 18.2 Å². The van der Waals surface area contributed by atoms with Crippen molar-refractivity contribution in [3.05, 3.63) is 65.7 Å². The maximum Gasteiger partial charge on any atom is 1.00 e. The molecular weight excluding hydrogens is 251 g/mol. The quantitative estimate of drug-likeness (QED) is 0.775. The second-order valence-corrected chi connectivity index (χ2v) is 3.91. The fourth-order valence-electron chi connectivity index (χ4n) is 1.63. The Labute approximate surface area is 134 Å². The van der Waals surface area contributed by atoms with Crippen LogP contribution in [0.2, 0.25) is 0 Å². The van der Waals surface area contributed by atoms with Crippen molar-refractivity contribution in [2.45, 2.75) is 6.42 Å². The molecule has 3 nitrogen and oxygen atoms in total. The molecule has 1 N–H and O–H groups in total. The zero-order chi connectivity index (χ0) is 12.8. The van der Waals surface area contributed by atoms with Gasteiger partial charge in [0.2, 0.25) is 0 Å². The molecule has 2 aromatic rings. The van der Waals surface area contributed by atoms with Crippen LogP contribution in [0.15, 0.2) is 54.6 Å². The zero-order valence-electron chi connectivity index (χ0n) is 10.9. The molecule has 0 aromatic heterocycles. The second kappa shape index (κ2) is 8.00. The minimum atomic E-state index is -0.925. The van der Waals surface area contributed by atoms with Gasteiger partial charge in [0.1, 0.15) is 5.75 Å². The largest absolute Gasteiger partial charge is 1.00 e. The van der Waals surface area contributed by atoms with Crippen molar-refractivity contribution in [2.24, 2.45) is 0 Å². The monoisotopic (exact) mass is 265 g/mol. The molecule has 0 unspecified atom stereocenters. The number of carboxylic acids is 1. The molecule has 4 heteroatoms. The van der Waals surface area contributed by atoms with Gasteiger partial charge in [-0.2, -0.15) is 0 Å². The van der Waals surface area contributed by atoms with E-state index >= 15 is 0 Å². The van der Waals surface area contributed by atoms with Crippen LogP contribution in [0.5, 0.6) is 5.75 Å². The number of benzene rings is 2. The molecule has 0 aliphatic rings. The molecule has 0 saturated carbocycles. The predicted molar refractivity (Wildman–Crippen MR) is 69.0 cm³/mol. The average Bonchev–Trinajstić information content (AvgIpc) is 2.40. The minimum absolute atomic E-state index is 0. The summed E-state index contributed by atoms with van der Waals surface area (Å²) in [5.74, 6) is -0.234. The van der Waals surface area contributed by atoms with Gasteiger partial charge >= 0.3 is 35.5 Å². The van der Waals surface area contributed by atoms with Crippen LogP contribution in [0.1, 0.15) is 15.9 Å². The third kappa shape index (κ3) is 5.07. The predicted octanol–water partition coefficient (Wildman–Crippen LogP) is 0.0103. The smallest absolute Gasteiger partial charge is 0.493 e. The van der Waals surface area contributed by atoms with Crippen molar-refractivity contribution in [3.63, 3.8) is 0 Å². The first-order chi connectivity index (χ1) is 8.75. The van der Waals surface area contributed by atoms with Crippen molar-refractivity contribution in [3.8, 4) is 5.75 Å². The Morgan fingerprint density at radius 3 is 2.21 bits per heavy atom. The standard InChI is InChI=1S/C15H14O3.Na/c16-15(17)13-6-8-14(9-7-13)18-11-10-12-4-2-1-3-5-12;/h1-9H,10-11H2,(H,16,17);/q;+1. The molecule has 92 valence electrons. The Hall–Kier alpha value is -1.29. The van der Waals surface area contributed by atoms with E-state index in [0.29, 0.717) is 12.4 Å². The molecule has 2 aromatic carbocycles. The third-order valence-corrected chi connectivity index (χ3v) is 2.60.